The average molecular weight is 401 g/mol. The molecule has 0 spiro atoms. The minimum absolute atomic E-state index is 0.127. The van der Waals surface area contributed by atoms with Crippen LogP contribution in [0.15, 0.2) is 59.0 Å². The van der Waals surface area contributed by atoms with Gasteiger partial charge in [-0.25, -0.2) is 4.79 Å². The second-order valence-electron chi connectivity index (χ2n) is 6.49. The van der Waals surface area contributed by atoms with E-state index in [4.69, 9.17) is 4.42 Å². The van der Waals surface area contributed by atoms with Crippen molar-refractivity contribution < 1.29 is 27.5 Å². The van der Waals surface area contributed by atoms with E-state index in [1.54, 1.807) is 25.1 Å². The van der Waals surface area contributed by atoms with Crippen molar-refractivity contribution in [3.05, 3.63) is 71.7 Å². The van der Waals surface area contributed by atoms with Crippen LogP contribution in [0.2, 0.25) is 0 Å². The second-order valence-corrected chi connectivity index (χ2v) is 6.49. The van der Waals surface area contributed by atoms with Crippen molar-refractivity contribution in [1.29, 1.82) is 0 Å². The molecule has 0 atom stereocenters. The number of alkyl halides is 2. The molecule has 152 valence electrons. The number of ether oxygens (including phenoxy) is 2. The topological polar surface area (TPSA) is 51.9 Å². The number of methoxy groups -OCH3 is 1. The summed E-state index contributed by atoms with van der Waals surface area (Å²) in [4.78, 5) is 13.6. The van der Waals surface area contributed by atoms with Crippen molar-refractivity contribution in [3.8, 4) is 16.9 Å². The van der Waals surface area contributed by atoms with Crippen molar-refractivity contribution >= 4 is 11.7 Å². The summed E-state index contributed by atoms with van der Waals surface area (Å²) >= 11 is 0. The Labute approximate surface area is 167 Å². The first kappa shape index (κ1) is 20.4. The van der Waals surface area contributed by atoms with Crippen LogP contribution in [0.3, 0.4) is 0 Å². The van der Waals surface area contributed by atoms with Crippen LogP contribution in [0, 0.1) is 6.92 Å². The Kier molecular flexibility index (Phi) is 6.16. The van der Waals surface area contributed by atoms with Gasteiger partial charge in [0.2, 0.25) is 5.76 Å². The molecule has 0 N–H and O–H groups in total. The van der Waals surface area contributed by atoms with Crippen LogP contribution in [-0.4, -0.2) is 26.7 Å². The smallest absolute Gasteiger partial charge is 0.387 e. The van der Waals surface area contributed by atoms with E-state index >= 15 is 0 Å². The minimum Gasteiger partial charge on any atom is -0.463 e. The van der Waals surface area contributed by atoms with Gasteiger partial charge in [-0.15, -0.1) is 0 Å². The van der Waals surface area contributed by atoms with Crippen LogP contribution < -0.4 is 9.64 Å². The number of hydrogen-bond donors (Lipinski definition) is 0. The van der Waals surface area contributed by atoms with Crippen LogP contribution in [0.25, 0.3) is 11.1 Å². The maximum Gasteiger partial charge on any atom is 0.387 e. The van der Waals surface area contributed by atoms with Gasteiger partial charge in [0.15, 0.2) is 0 Å². The van der Waals surface area contributed by atoms with E-state index in [-0.39, 0.29) is 11.5 Å². The number of aryl methyl sites for hydroxylation is 1. The van der Waals surface area contributed by atoms with E-state index in [1.807, 2.05) is 36.2 Å². The number of halogens is 2. The molecule has 0 amide bonds. The van der Waals surface area contributed by atoms with Crippen LogP contribution in [-0.2, 0) is 11.3 Å². The van der Waals surface area contributed by atoms with E-state index in [9.17, 15) is 13.6 Å². The van der Waals surface area contributed by atoms with Crippen LogP contribution in [0.1, 0.15) is 21.9 Å². The quantitative estimate of drug-likeness (QED) is 0.504. The van der Waals surface area contributed by atoms with Crippen molar-refractivity contribution in [1.82, 2.24) is 0 Å². The summed E-state index contributed by atoms with van der Waals surface area (Å²) in [6.45, 7) is -0.468. The summed E-state index contributed by atoms with van der Waals surface area (Å²) in [5.74, 6) is 0.473. The van der Waals surface area contributed by atoms with Crippen LogP contribution in [0.4, 0.5) is 14.5 Å². The zero-order valence-electron chi connectivity index (χ0n) is 16.3. The lowest BCUT2D eigenvalue weighted by Crippen LogP contribution is -2.16. The molecule has 1 heterocycles. The lowest BCUT2D eigenvalue weighted by Gasteiger charge is -2.19. The zero-order chi connectivity index (χ0) is 21.0. The summed E-state index contributed by atoms with van der Waals surface area (Å²) < 4.78 is 39.0. The SMILES string of the molecule is COC(=O)c1cc(CN(C)c2ccc(-c3ccc(OC(F)F)cc3)cc2)c(C)o1. The molecule has 0 fully saturated rings. The molecular formula is C22H21F2NO4. The predicted molar refractivity (Wildman–Crippen MR) is 105 cm³/mol. The van der Waals surface area contributed by atoms with Gasteiger partial charge in [-0.2, -0.15) is 8.78 Å². The molecule has 3 aromatic rings. The van der Waals surface area contributed by atoms with Gasteiger partial charge in [-0.1, -0.05) is 24.3 Å². The minimum atomic E-state index is -2.83. The van der Waals surface area contributed by atoms with Crippen molar-refractivity contribution in [2.45, 2.75) is 20.1 Å². The van der Waals surface area contributed by atoms with Gasteiger partial charge in [-0.3, -0.25) is 0 Å². The molecule has 2 aromatic carbocycles. The summed E-state index contributed by atoms with van der Waals surface area (Å²) in [6, 6.07) is 16.0. The third kappa shape index (κ3) is 4.93. The molecule has 1 aromatic heterocycles. The summed E-state index contributed by atoms with van der Waals surface area (Å²) in [5, 5.41) is 0. The number of carbonyl (C=O) groups excluding carboxylic acids is 1. The van der Waals surface area contributed by atoms with Gasteiger partial charge in [0.05, 0.1) is 7.11 Å². The van der Waals surface area contributed by atoms with E-state index in [1.165, 1.54) is 19.2 Å². The monoisotopic (exact) mass is 401 g/mol. The van der Waals surface area contributed by atoms with Crippen LogP contribution >= 0.6 is 0 Å². The van der Waals surface area contributed by atoms with Crippen molar-refractivity contribution in [2.24, 2.45) is 0 Å². The Hall–Kier alpha value is -3.35. The molecule has 0 aliphatic heterocycles. The van der Waals surface area contributed by atoms with Gasteiger partial charge in [0.1, 0.15) is 11.5 Å². The molecule has 29 heavy (non-hydrogen) atoms. The molecule has 3 rings (SSSR count). The lowest BCUT2D eigenvalue weighted by atomic mass is 10.0. The fourth-order valence-electron chi connectivity index (χ4n) is 2.96. The molecule has 0 unspecified atom stereocenters. The zero-order valence-corrected chi connectivity index (χ0v) is 16.3. The van der Waals surface area contributed by atoms with Crippen LogP contribution in [0.5, 0.6) is 5.75 Å². The number of furan rings is 1. The van der Waals surface area contributed by atoms with Crippen molar-refractivity contribution in [3.63, 3.8) is 0 Å². The third-order valence-corrected chi connectivity index (χ3v) is 4.54. The first-order chi connectivity index (χ1) is 13.9. The van der Waals surface area contributed by atoms with E-state index in [0.717, 1.165) is 22.4 Å². The third-order valence-electron chi connectivity index (χ3n) is 4.54. The highest BCUT2D eigenvalue weighted by Gasteiger charge is 2.16. The Bertz CT molecular complexity index is 965. The Morgan fingerprint density at radius 1 is 1.07 bits per heavy atom. The summed E-state index contributed by atoms with van der Waals surface area (Å²) in [6.07, 6.45) is 0. The van der Waals surface area contributed by atoms with Gasteiger partial charge >= 0.3 is 12.6 Å². The average Bonchev–Trinajstić information content (AvgIpc) is 3.08. The Morgan fingerprint density at radius 2 is 1.66 bits per heavy atom. The normalized spacial score (nSPS) is 10.8. The van der Waals surface area contributed by atoms with E-state index in [0.29, 0.717) is 12.3 Å². The molecule has 5 nitrogen and oxygen atoms in total. The fourth-order valence-corrected chi connectivity index (χ4v) is 2.96. The van der Waals surface area contributed by atoms with Gasteiger partial charge < -0.3 is 18.8 Å². The predicted octanol–water partition coefficient (Wildman–Crippen LogP) is 5.28. The lowest BCUT2D eigenvalue weighted by molar-refractivity contribution is -0.0498. The highest BCUT2D eigenvalue weighted by molar-refractivity contribution is 5.86. The first-order valence-corrected chi connectivity index (χ1v) is 8.91. The molecule has 0 radical (unpaired) electrons. The van der Waals surface area contributed by atoms with Crippen molar-refractivity contribution in [2.75, 3.05) is 19.1 Å². The first-order valence-electron chi connectivity index (χ1n) is 8.91. The molecule has 0 aliphatic rings. The summed E-state index contributed by atoms with van der Waals surface area (Å²) in [5.41, 5.74) is 3.73. The Balaban J connectivity index is 1.69. The largest absolute Gasteiger partial charge is 0.463 e. The Morgan fingerprint density at radius 3 is 2.21 bits per heavy atom. The molecular weight excluding hydrogens is 380 g/mol. The van der Waals surface area contributed by atoms with Gasteiger partial charge in [0.25, 0.3) is 0 Å². The number of benzene rings is 2. The highest BCUT2D eigenvalue weighted by Crippen LogP contribution is 2.26. The second kappa shape index (κ2) is 8.77. The standard InChI is InChI=1S/C22H21F2NO4/c1-14-17(12-20(28-14)21(26)27-3)13-25(2)18-8-4-15(5-9-18)16-6-10-19(11-7-16)29-22(23)24/h4-12,22H,13H2,1-3H3. The van der Waals surface area contributed by atoms with E-state index < -0.39 is 12.6 Å². The highest BCUT2D eigenvalue weighted by atomic mass is 19.3. The maximum atomic E-state index is 12.2. The van der Waals surface area contributed by atoms with Gasteiger partial charge in [0, 0.05) is 24.8 Å². The number of hydrogen-bond acceptors (Lipinski definition) is 5. The molecule has 7 heteroatoms. The van der Waals surface area contributed by atoms with Gasteiger partial charge in [-0.05, 0) is 48.4 Å². The number of nitrogens with zero attached hydrogens (tertiary/aromatic N) is 1. The molecule has 0 aliphatic carbocycles. The fraction of sp³-hybridized carbons (Fsp3) is 0.227. The molecule has 0 saturated carbocycles. The number of anilines is 1. The number of rotatable bonds is 7. The van der Waals surface area contributed by atoms with E-state index in [2.05, 4.69) is 9.47 Å². The maximum absolute atomic E-state index is 12.2. The molecule has 0 bridgehead atoms. The molecule has 0 saturated heterocycles. The summed E-state index contributed by atoms with van der Waals surface area (Å²) in [7, 11) is 3.25. The number of esters is 1. The number of carbonyl (C=O) groups is 1.